The van der Waals surface area contributed by atoms with Gasteiger partial charge in [-0.1, -0.05) is 31.5 Å². The van der Waals surface area contributed by atoms with Gasteiger partial charge in [-0.25, -0.2) is 0 Å². The van der Waals surface area contributed by atoms with Crippen LogP contribution in [0.1, 0.15) is 38.3 Å². The number of hydrogen-bond donors (Lipinski definition) is 1. The third kappa shape index (κ3) is 6.96. The van der Waals surface area contributed by atoms with Crippen molar-refractivity contribution in [2.24, 2.45) is 5.41 Å². The Labute approximate surface area is 130 Å². The van der Waals surface area contributed by atoms with E-state index in [0.717, 1.165) is 44.9 Å². The van der Waals surface area contributed by atoms with Crippen LogP contribution < -0.4 is 10.1 Å². The molecular weight excluding hydrogens is 262 g/mol. The van der Waals surface area contributed by atoms with Gasteiger partial charge in [-0.15, -0.1) is 0 Å². The number of ether oxygens (including phenoxy) is 2. The monoisotopic (exact) mass is 293 g/mol. The van der Waals surface area contributed by atoms with Crippen LogP contribution in [-0.2, 0) is 11.2 Å². The van der Waals surface area contributed by atoms with Gasteiger partial charge in [-0.3, -0.25) is 0 Å². The number of benzene rings is 1. The number of methoxy groups -OCH3 is 1. The molecule has 0 aliphatic rings. The SMILES string of the molecule is CCOc1ccc(C)cc1CCC(C)(C)CNCCOC. The summed E-state index contributed by atoms with van der Waals surface area (Å²) >= 11 is 0. The minimum atomic E-state index is 0.265. The molecule has 21 heavy (non-hydrogen) atoms. The highest BCUT2D eigenvalue weighted by Gasteiger charge is 2.18. The Balaban J connectivity index is 2.54. The van der Waals surface area contributed by atoms with Crippen LogP contribution in [0.3, 0.4) is 0 Å². The smallest absolute Gasteiger partial charge is 0.122 e. The molecule has 1 N–H and O–H groups in total. The highest BCUT2D eigenvalue weighted by atomic mass is 16.5. The lowest BCUT2D eigenvalue weighted by atomic mass is 9.86. The van der Waals surface area contributed by atoms with Gasteiger partial charge < -0.3 is 14.8 Å². The van der Waals surface area contributed by atoms with Crippen LogP contribution in [0, 0.1) is 12.3 Å². The quantitative estimate of drug-likeness (QED) is 0.669. The predicted molar refractivity (Wildman–Crippen MR) is 89.2 cm³/mol. The van der Waals surface area contributed by atoms with E-state index in [9.17, 15) is 0 Å². The average molecular weight is 293 g/mol. The molecule has 0 bridgehead atoms. The van der Waals surface area contributed by atoms with Crippen LogP contribution in [-0.4, -0.2) is 33.4 Å². The van der Waals surface area contributed by atoms with Gasteiger partial charge in [0.25, 0.3) is 0 Å². The van der Waals surface area contributed by atoms with E-state index in [1.54, 1.807) is 7.11 Å². The molecule has 3 heteroatoms. The van der Waals surface area contributed by atoms with Crippen LogP contribution in [0.5, 0.6) is 5.75 Å². The van der Waals surface area contributed by atoms with Gasteiger partial charge in [0.1, 0.15) is 5.75 Å². The van der Waals surface area contributed by atoms with Gasteiger partial charge in [0.05, 0.1) is 13.2 Å². The standard InChI is InChI=1S/C18H31NO2/c1-6-21-17-8-7-15(2)13-16(17)9-10-18(3,4)14-19-11-12-20-5/h7-8,13,19H,6,9-12,14H2,1-5H3. The molecule has 0 fully saturated rings. The lowest BCUT2D eigenvalue weighted by Gasteiger charge is -2.25. The summed E-state index contributed by atoms with van der Waals surface area (Å²) in [5.74, 6) is 1.03. The molecule has 0 radical (unpaired) electrons. The third-order valence-electron chi connectivity index (χ3n) is 3.67. The molecule has 0 heterocycles. The fourth-order valence-electron chi connectivity index (χ4n) is 2.36. The summed E-state index contributed by atoms with van der Waals surface area (Å²) in [6.07, 6.45) is 2.19. The van der Waals surface area contributed by atoms with Crippen molar-refractivity contribution in [3.05, 3.63) is 29.3 Å². The van der Waals surface area contributed by atoms with Crippen LogP contribution in [0.15, 0.2) is 18.2 Å². The maximum absolute atomic E-state index is 5.74. The molecule has 0 atom stereocenters. The first kappa shape index (κ1) is 18.0. The fraction of sp³-hybridized carbons (Fsp3) is 0.667. The average Bonchev–Trinajstić information content (AvgIpc) is 2.44. The van der Waals surface area contributed by atoms with E-state index in [0.29, 0.717) is 0 Å². The predicted octanol–water partition coefficient (Wildman–Crippen LogP) is 3.59. The van der Waals surface area contributed by atoms with E-state index < -0.39 is 0 Å². The maximum Gasteiger partial charge on any atom is 0.122 e. The zero-order chi connectivity index (χ0) is 15.7. The fourth-order valence-corrected chi connectivity index (χ4v) is 2.36. The lowest BCUT2D eigenvalue weighted by molar-refractivity contribution is 0.193. The molecule has 0 spiro atoms. The van der Waals surface area contributed by atoms with Crippen molar-refractivity contribution in [2.75, 3.05) is 33.4 Å². The number of aryl methyl sites for hydroxylation is 2. The van der Waals surface area contributed by atoms with Crippen LogP contribution >= 0.6 is 0 Å². The second kappa shape index (κ2) is 9.06. The molecular formula is C18H31NO2. The zero-order valence-corrected chi connectivity index (χ0v) is 14.3. The summed E-state index contributed by atoms with van der Waals surface area (Å²) in [6.45, 7) is 12.2. The number of hydrogen-bond acceptors (Lipinski definition) is 3. The Bertz CT molecular complexity index is 416. The van der Waals surface area contributed by atoms with Gasteiger partial charge >= 0.3 is 0 Å². The summed E-state index contributed by atoms with van der Waals surface area (Å²) in [5, 5.41) is 3.46. The van der Waals surface area contributed by atoms with Crippen LogP contribution in [0.25, 0.3) is 0 Å². The summed E-state index contributed by atoms with van der Waals surface area (Å²) in [5.41, 5.74) is 2.88. The van der Waals surface area contributed by atoms with Gasteiger partial charge in [0.15, 0.2) is 0 Å². The van der Waals surface area contributed by atoms with E-state index in [4.69, 9.17) is 9.47 Å². The number of nitrogens with one attached hydrogen (secondary N) is 1. The Morgan fingerprint density at radius 3 is 2.67 bits per heavy atom. The molecule has 0 aromatic heterocycles. The summed E-state index contributed by atoms with van der Waals surface area (Å²) in [7, 11) is 1.74. The maximum atomic E-state index is 5.74. The molecule has 120 valence electrons. The molecule has 1 aromatic carbocycles. The minimum Gasteiger partial charge on any atom is -0.494 e. The highest BCUT2D eigenvalue weighted by molar-refractivity contribution is 5.37. The molecule has 0 saturated carbocycles. The second-order valence-corrected chi connectivity index (χ2v) is 6.38. The molecule has 0 aliphatic heterocycles. The molecule has 3 nitrogen and oxygen atoms in total. The summed E-state index contributed by atoms with van der Waals surface area (Å²) in [4.78, 5) is 0. The van der Waals surface area contributed by atoms with E-state index in [-0.39, 0.29) is 5.41 Å². The summed E-state index contributed by atoms with van der Waals surface area (Å²) < 4.78 is 10.8. The highest BCUT2D eigenvalue weighted by Crippen LogP contribution is 2.27. The van der Waals surface area contributed by atoms with Crippen LogP contribution in [0.2, 0.25) is 0 Å². The van der Waals surface area contributed by atoms with Crippen molar-refractivity contribution in [1.82, 2.24) is 5.32 Å². The van der Waals surface area contributed by atoms with Crippen molar-refractivity contribution in [3.63, 3.8) is 0 Å². The minimum absolute atomic E-state index is 0.265. The van der Waals surface area contributed by atoms with E-state index in [2.05, 4.69) is 44.3 Å². The zero-order valence-electron chi connectivity index (χ0n) is 14.3. The Morgan fingerprint density at radius 1 is 1.24 bits per heavy atom. The van der Waals surface area contributed by atoms with Gasteiger partial charge in [-0.2, -0.15) is 0 Å². The first-order valence-corrected chi connectivity index (χ1v) is 7.90. The Kier molecular flexibility index (Phi) is 7.76. The van der Waals surface area contributed by atoms with Gasteiger partial charge in [-0.05, 0) is 43.7 Å². The molecule has 1 rings (SSSR count). The van der Waals surface area contributed by atoms with Crippen molar-refractivity contribution < 1.29 is 9.47 Å². The topological polar surface area (TPSA) is 30.5 Å². The van der Waals surface area contributed by atoms with Crippen LogP contribution in [0.4, 0.5) is 0 Å². The van der Waals surface area contributed by atoms with Crippen molar-refractivity contribution in [2.45, 2.75) is 40.5 Å². The van der Waals surface area contributed by atoms with E-state index in [1.807, 2.05) is 6.92 Å². The Hall–Kier alpha value is -1.06. The lowest BCUT2D eigenvalue weighted by Crippen LogP contribution is -2.32. The Morgan fingerprint density at radius 2 is 2.00 bits per heavy atom. The summed E-state index contributed by atoms with van der Waals surface area (Å²) in [6, 6.07) is 6.46. The second-order valence-electron chi connectivity index (χ2n) is 6.38. The molecule has 1 aromatic rings. The van der Waals surface area contributed by atoms with E-state index >= 15 is 0 Å². The van der Waals surface area contributed by atoms with E-state index in [1.165, 1.54) is 11.1 Å². The van der Waals surface area contributed by atoms with Crippen molar-refractivity contribution >= 4 is 0 Å². The molecule has 0 unspecified atom stereocenters. The van der Waals surface area contributed by atoms with Crippen molar-refractivity contribution in [1.29, 1.82) is 0 Å². The third-order valence-corrected chi connectivity index (χ3v) is 3.67. The van der Waals surface area contributed by atoms with Gasteiger partial charge in [0.2, 0.25) is 0 Å². The first-order chi connectivity index (χ1) is 9.98. The number of rotatable bonds is 10. The normalized spacial score (nSPS) is 11.7. The van der Waals surface area contributed by atoms with Gasteiger partial charge in [0, 0.05) is 20.2 Å². The molecule has 0 aliphatic carbocycles. The first-order valence-electron chi connectivity index (χ1n) is 7.90. The largest absolute Gasteiger partial charge is 0.494 e. The van der Waals surface area contributed by atoms with Crippen molar-refractivity contribution in [3.8, 4) is 5.75 Å². The molecule has 0 amide bonds. The molecule has 0 saturated heterocycles.